The van der Waals surface area contributed by atoms with Crippen molar-refractivity contribution in [2.24, 2.45) is 5.41 Å². The summed E-state index contributed by atoms with van der Waals surface area (Å²) in [5.74, 6) is 0. The molecular formula is C16H18O. The fourth-order valence-corrected chi connectivity index (χ4v) is 3.17. The zero-order valence-electron chi connectivity index (χ0n) is 10.4. The maximum atomic E-state index is 9.81. The van der Waals surface area contributed by atoms with Gasteiger partial charge >= 0.3 is 0 Å². The highest BCUT2D eigenvalue weighted by Crippen LogP contribution is 2.64. The van der Waals surface area contributed by atoms with Crippen molar-refractivity contribution >= 4 is 10.8 Å². The largest absolute Gasteiger partial charge is 0.395 e. The fraction of sp³-hybridized carbons (Fsp3) is 0.375. The van der Waals surface area contributed by atoms with E-state index in [1.807, 2.05) is 0 Å². The van der Waals surface area contributed by atoms with Gasteiger partial charge in [0.15, 0.2) is 0 Å². The molecule has 1 saturated carbocycles. The molecule has 1 unspecified atom stereocenters. The Morgan fingerprint density at radius 3 is 2.35 bits per heavy atom. The molecule has 0 aromatic heterocycles. The van der Waals surface area contributed by atoms with Gasteiger partial charge in [0, 0.05) is 5.41 Å². The Bertz CT molecular complexity index is 565. The standard InChI is InChI=1S/C16H18O/c1-15(2)10-16(15,11-17)14-9-5-7-12-6-3-4-8-13(12)14/h3-9,17H,10-11H2,1-2H3. The van der Waals surface area contributed by atoms with E-state index < -0.39 is 0 Å². The van der Waals surface area contributed by atoms with Gasteiger partial charge in [-0.3, -0.25) is 0 Å². The van der Waals surface area contributed by atoms with Crippen molar-refractivity contribution in [1.29, 1.82) is 0 Å². The summed E-state index contributed by atoms with van der Waals surface area (Å²) in [6, 6.07) is 14.9. The lowest BCUT2D eigenvalue weighted by molar-refractivity contribution is 0.232. The van der Waals surface area contributed by atoms with Gasteiger partial charge in [-0.1, -0.05) is 56.3 Å². The molecule has 2 aromatic carbocycles. The van der Waals surface area contributed by atoms with Gasteiger partial charge in [0.25, 0.3) is 0 Å². The molecule has 1 aliphatic rings. The SMILES string of the molecule is CC1(C)CC1(CO)c1cccc2ccccc12. The Hall–Kier alpha value is -1.34. The minimum absolute atomic E-state index is 0.0339. The van der Waals surface area contributed by atoms with E-state index in [-0.39, 0.29) is 17.4 Å². The first kappa shape index (κ1) is 10.8. The molecular weight excluding hydrogens is 208 g/mol. The molecule has 1 nitrogen and oxygen atoms in total. The lowest BCUT2D eigenvalue weighted by Crippen LogP contribution is -2.19. The first-order chi connectivity index (χ1) is 8.11. The Morgan fingerprint density at radius 2 is 1.71 bits per heavy atom. The summed E-state index contributed by atoms with van der Waals surface area (Å²) in [5, 5.41) is 12.4. The number of hydrogen-bond donors (Lipinski definition) is 1. The van der Waals surface area contributed by atoms with Crippen molar-refractivity contribution in [2.75, 3.05) is 6.61 Å². The van der Waals surface area contributed by atoms with Crippen LogP contribution in [0.15, 0.2) is 42.5 Å². The number of fused-ring (bicyclic) bond motifs is 1. The monoisotopic (exact) mass is 226 g/mol. The van der Waals surface area contributed by atoms with Crippen molar-refractivity contribution in [3.8, 4) is 0 Å². The van der Waals surface area contributed by atoms with Crippen LogP contribution in [-0.2, 0) is 5.41 Å². The van der Waals surface area contributed by atoms with Crippen LogP contribution in [0.4, 0.5) is 0 Å². The first-order valence-electron chi connectivity index (χ1n) is 6.20. The number of aliphatic hydroxyl groups is 1. The molecule has 88 valence electrons. The van der Waals surface area contributed by atoms with Crippen LogP contribution in [0.1, 0.15) is 25.8 Å². The van der Waals surface area contributed by atoms with E-state index in [2.05, 4.69) is 56.3 Å². The normalized spacial score (nSPS) is 26.1. The second-order valence-electron chi connectivity index (χ2n) is 5.83. The van der Waals surface area contributed by atoms with E-state index >= 15 is 0 Å². The lowest BCUT2D eigenvalue weighted by atomic mass is 9.85. The summed E-state index contributed by atoms with van der Waals surface area (Å²) in [6.45, 7) is 4.73. The fourth-order valence-electron chi connectivity index (χ4n) is 3.17. The number of rotatable bonds is 2. The van der Waals surface area contributed by atoms with E-state index in [0.29, 0.717) is 0 Å². The summed E-state index contributed by atoms with van der Waals surface area (Å²) in [7, 11) is 0. The van der Waals surface area contributed by atoms with Gasteiger partial charge in [-0.2, -0.15) is 0 Å². The highest BCUT2D eigenvalue weighted by Gasteiger charge is 2.61. The quantitative estimate of drug-likeness (QED) is 0.831. The minimum atomic E-state index is -0.0339. The van der Waals surface area contributed by atoms with Gasteiger partial charge in [0.05, 0.1) is 6.61 Å². The third-order valence-electron chi connectivity index (χ3n) is 4.49. The van der Waals surface area contributed by atoms with Crippen molar-refractivity contribution < 1.29 is 5.11 Å². The zero-order valence-corrected chi connectivity index (χ0v) is 10.4. The number of benzene rings is 2. The number of aliphatic hydroxyl groups excluding tert-OH is 1. The average Bonchev–Trinajstić information content (AvgIpc) is 2.92. The van der Waals surface area contributed by atoms with Gasteiger partial charge in [0.1, 0.15) is 0 Å². The lowest BCUT2D eigenvalue weighted by Gasteiger charge is -2.20. The van der Waals surface area contributed by atoms with Crippen LogP contribution in [0.3, 0.4) is 0 Å². The Balaban J connectivity index is 2.25. The second-order valence-corrected chi connectivity index (χ2v) is 5.83. The van der Waals surface area contributed by atoms with Crippen LogP contribution in [0.5, 0.6) is 0 Å². The summed E-state index contributed by atoms with van der Waals surface area (Å²) >= 11 is 0. The van der Waals surface area contributed by atoms with Gasteiger partial charge in [-0.25, -0.2) is 0 Å². The van der Waals surface area contributed by atoms with Crippen molar-refractivity contribution in [3.63, 3.8) is 0 Å². The molecule has 1 N–H and O–H groups in total. The molecule has 0 saturated heterocycles. The third kappa shape index (κ3) is 1.35. The maximum Gasteiger partial charge on any atom is 0.0533 e. The Morgan fingerprint density at radius 1 is 1.06 bits per heavy atom. The Labute approximate surface area is 102 Å². The molecule has 0 heterocycles. The predicted octanol–water partition coefficient (Wildman–Crippen LogP) is 3.50. The van der Waals surface area contributed by atoms with E-state index in [9.17, 15) is 5.11 Å². The molecule has 3 rings (SSSR count). The maximum absolute atomic E-state index is 9.81. The molecule has 1 heteroatoms. The predicted molar refractivity (Wildman–Crippen MR) is 71.1 cm³/mol. The molecule has 1 aliphatic carbocycles. The van der Waals surface area contributed by atoms with Crippen molar-refractivity contribution in [1.82, 2.24) is 0 Å². The summed E-state index contributed by atoms with van der Waals surface area (Å²) < 4.78 is 0. The van der Waals surface area contributed by atoms with Gasteiger partial charge in [-0.05, 0) is 28.2 Å². The van der Waals surface area contributed by atoms with E-state index in [4.69, 9.17) is 0 Å². The molecule has 0 radical (unpaired) electrons. The van der Waals surface area contributed by atoms with Gasteiger partial charge < -0.3 is 5.11 Å². The second kappa shape index (κ2) is 3.33. The zero-order chi connectivity index (χ0) is 12.1. The molecule has 1 fully saturated rings. The van der Waals surface area contributed by atoms with Crippen LogP contribution in [0.25, 0.3) is 10.8 Å². The molecule has 0 aliphatic heterocycles. The molecule has 0 spiro atoms. The molecule has 1 atom stereocenters. The van der Waals surface area contributed by atoms with E-state index in [0.717, 1.165) is 6.42 Å². The van der Waals surface area contributed by atoms with Crippen LogP contribution in [-0.4, -0.2) is 11.7 Å². The number of hydrogen-bond acceptors (Lipinski definition) is 1. The smallest absolute Gasteiger partial charge is 0.0533 e. The summed E-state index contributed by atoms with van der Waals surface area (Å²) in [4.78, 5) is 0. The minimum Gasteiger partial charge on any atom is -0.395 e. The van der Waals surface area contributed by atoms with Crippen molar-refractivity contribution in [3.05, 3.63) is 48.0 Å². The molecule has 2 aromatic rings. The molecule has 0 amide bonds. The summed E-state index contributed by atoms with van der Waals surface area (Å²) in [6.07, 6.45) is 1.07. The van der Waals surface area contributed by atoms with Crippen LogP contribution in [0.2, 0.25) is 0 Å². The third-order valence-corrected chi connectivity index (χ3v) is 4.49. The highest BCUT2D eigenvalue weighted by atomic mass is 16.3. The van der Waals surface area contributed by atoms with Crippen molar-refractivity contribution in [2.45, 2.75) is 25.7 Å². The highest BCUT2D eigenvalue weighted by molar-refractivity contribution is 5.87. The van der Waals surface area contributed by atoms with Crippen LogP contribution in [0, 0.1) is 5.41 Å². The first-order valence-corrected chi connectivity index (χ1v) is 6.20. The van der Waals surface area contributed by atoms with Gasteiger partial charge in [0.2, 0.25) is 0 Å². The molecule has 0 bridgehead atoms. The average molecular weight is 226 g/mol. The van der Waals surface area contributed by atoms with E-state index in [1.54, 1.807) is 0 Å². The van der Waals surface area contributed by atoms with Crippen LogP contribution < -0.4 is 0 Å². The van der Waals surface area contributed by atoms with E-state index in [1.165, 1.54) is 16.3 Å². The summed E-state index contributed by atoms with van der Waals surface area (Å²) in [5.41, 5.74) is 1.49. The van der Waals surface area contributed by atoms with Gasteiger partial charge in [-0.15, -0.1) is 0 Å². The van der Waals surface area contributed by atoms with Crippen LogP contribution >= 0.6 is 0 Å². The molecule has 17 heavy (non-hydrogen) atoms. The topological polar surface area (TPSA) is 20.2 Å². The Kier molecular flexibility index (Phi) is 2.11.